The van der Waals surface area contributed by atoms with E-state index in [1.165, 1.54) is 7.05 Å². The van der Waals surface area contributed by atoms with Gasteiger partial charge in [-0.15, -0.1) is 0 Å². The highest BCUT2D eigenvalue weighted by Crippen LogP contribution is 2.28. The number of aliphatic carboxylic acids is 2. The van der Waals surface area contributed by atoms with Gasteiger partial charge < -0.3 is 14.9 Å². The molecule has 0 aliphatic heterocycles. The number of carbonyl (C=O) groups excluding carboxylic acids is 1. The molecule has 2 N–H and O–H groups in total. The SMILES string of the molecule is CCCC[C@@](CCC(=O)O)(C(=O)O)N(C)C(=O)OCc1ccccc1. The third kappa shape index (κ3) is 5.77. The van der Waals surface area contributed by atoms with Crippen molar-refractivity contribution in [1.29, 1.82) is 0 Å². The van der Waals surface area contributed by atoms with Gasteiger partial charge in [-0.2, -0.15) is 0 Å². The third-order valence-corrected chi connectivity index (χ3v) is 4.22. The van der Waals surface area contributed by atoms with E-state index in [-0.39, 0.29) is 25.9 Å². The molecule has 0 aliphatic carbocycles. The molecule has 7 nitrogen and oxygen atoms in total. The first-order chi connectivity index (χ1) is 11.8. The minimum absolute atomic E-state index is 0.0203. The lowest BCUT2D eigenvalue weighted by molar-refractivity contribution is -0.152. The number of amides is 1. The lowest BCUT2D eigenvalue weighted by Crippen LogP contribution is -2.55. The minimum Gasteiger partial charge on any atom is -0.481 e. The van der Waals surface area contributed by atoms with E-state index in [0.717, 1.165) is 16.9 Å². The molecule has 1 aromatic rings. The fourth-order valence-electron chi connectivity index (χ4n) is 2.59. The summed E-state index contributed by atoms with van der Waals surface area (Å²) < 4.78 is 5.21. The molecule has 0 bridgehead atoms. The zero-order valence-corrected chi connectivity index (χ0v) is 14.6. The highest BCUT2D eigenvalue weighted by Gasteiger charge is 2.45. The maximum Gasteiger partial charge on any atom is 0.410 e. The van der Waals surface area contributed by atoms with Crippen LogP contribution < -0.4 is 0 Å². The summed E-state index contributed by atoms with van der Waals surface area (Å²) in [5.74, 6) is -2.32. The van der Waals surface area contributed by atoms with Gasteiger partial charge in [0.05, 0.1) is 0 Å². The second-order valence-corrected chi connectivity index (χ2v) is 5.93. The minimum atomic E-state index is -1.60. The van der Waals surface area contributed by atoms with Crippen LogP contribution in [0.15, 0.2) is 30.3 Å². The van der Waals surface area contributed by atoms with Crippen molar-refractivity contribution in [3.8, 4) is 0 Å². The summed E-state index contributed by atoms with van der Waals surface area (Å²) in [6, 6.07) is 9.03. The van der Waals surface area contributed by atoms with Crippen molar-refractivity contribution >= 4 is 18.0 Å². The summed E-state index contributed by atoms with van der Waals surface area (Å²) in [6.45, 7) is 1.92. The van der Waals surface area contributed by atoms with Gasteiger partial charge >= 0.3 is 18.0 Å². The third-order valence-electron chi connectivity index (χ3n) is 4.22. The van der Waals surface area contributed by atoms with Crippen LogP contribution in [-0.2, 0) is 20.9 Å². The molecule has 1 aromatic carbocycles. The van der Waals surface area contributed by atoms with Crippen molar-refractivity contribution in [3.63, 3.8) is 0 Å². The van der Waals surface area contributed by atoms with Crippen LogP contribution in [0, 0.1) is 0 Å². The van der Waals surface area contributed by atoms with E-state index < -0.39 is 23.6 Å². The van der Waals surface area contributed by atoms with Gasteiger partial charge in [-0.3, -0.25) is 9.69 Å². The summed E-state index contributed by atoms with van der Waals surface area (Å²) in [6.07, 6.45) is 0.161. The number of carboxylic acid groups (broad SMARTS) is 2. The van der Waals surface area contributed by atoms with Gasteiger partial charge in [0.1, 0.15) is 12.1 Å². The van der Waals surface area contributed by atoms with Crippen LogP contribution >= 0.6 is 0 Å². The molecular formula is C18H25NO6. The van der Waals surface area contributed by atoms with Crippen LogP contribution in [0.5, 0.6) is 0 Å². The summed E-state index contributed by atoms with van der Waals surface area (Å²) in [7, 11) is 1.35. The zero-order chi connectivity index (χ0) is 18.9. The summed E-state index contributed by atoms with van der Waals surface area (Å²) >= 11 is 0. The second kappa shape index (κ2) is 9.66. The van der Waals surface area contributed by atoms with Crippen molar-refractivity contribution in [3.05, 3.63) is 35.9 Å². The van der Waals surface area contributed by atoms with E-state index >= 15 is 0 Å². The Morgan fingerprint density at radius 1 is 1.12 bits per heavy atom. The molecule has 0 aromatic heterocycles. The normalized spacial score (nSPS) is 12.9. The molecule has 1 amide bonds. The maximum absolute atomic E-state index is 12.4. The number of carboxylic acids is 2. The first-order valence-electron chi connectivity index (χ1n) is 8.23. The van der Waals surface area contributed by atoms with E-state index in [9.17, 15) is 19.5 Å². The van der Waals surface area contributed by atoms with Crippen molar-refractivity contribution in [2.45, 2.75) is 51.2 Å². The highest BCUT2D eigenvalue weighted by atomic mass is 16.6. The Bertz CT molecular complexity index is 588. The van der Waals surface area contributed by atoms with Crippen LogP contribution in [0.1, 0.15) is 44.6 Å². The molecule has 1 atom stereocenters. The van der Waals surface area contributed by atoms with Gasteiger partial charge in [-0.25, -0.2) is 9.59 Å². The zero-order valence-electron chi connectivity index (χ0n) is 14.6. The van der Waals surface area contributed by atoms with E-state index in [1.54, 1.807) is 12.1 Å². The van der Waals surface area contributed by atoms with Crippen LogP contribution in [0.2, 0.25) is 0 Å². The summed E-state index contributed by atoms with van der Waals surface area (Å²) in [5.41, 5.74) is -0.813. The molecule has 0 saturated heterocycles. The number of ether oxygens (including phenoxy) is 1. The van der Waals surface area contributed by atoms with Crippen LogP contribution in [0.4, 0.5) is 4.79 Å². The predicted octanol–water partition coefficient (Wildman–Crippen LogP) is 3.13. The highest BCUT2D eigenvalue weighted by molar-refractivity contribution is 5.85. The number of likely N-dealkylation sites (N-methyl/N-ethyl adjacent to an activating group) is 1. The van der Waals surface area contributed by atoms with Gasteiger partial charge in [0, 0.05) is 13.5 Å². The largest absolute Gasteiger partial charge is 0.481 e. The molecule has 0 heterocycles. The Morgan fingerprint density at radius 3 is 2.28 bits per heavy atom. The first-order valence-corrected chi connectivity index (χ1v) is 8.23. The fourth-order valence-corrected chi connectivity index (χ4v) is 2.59. The Kier molecular flexibility index (Phi) is 7.91. The van der Waals surface area contributed by atoms with Gasteiger partial charge in [-0.1, -0.05) is 50.1 Å². The average molecular weight is 351 g/mol. The lowest BCUT2D eigenvalue weighted by Gasteiger charge is -2.37. The van der Waals surface area contributed by atoms with Crippen LogP contribution in [-0.4, -0.2) is 45.7 Å². The second-order valence-electron chi connectivity index (χ2n) is 5.93. The van der Waals surface area contributed by atoms with Crippen molar-refractivity contribution in [2.75, 3.05) is 7.05 Å². The Labute approximate surface area is 147 Å². The molecule has 0 saturated carbocycles. The average Bonchev–Trinajstić information content (AvgIpc) is 2.60. The monoisotopic (exact) mass is 351 g/mol. The maximum atomic E-state index is 12.4. The van der Waals surface area contributed by atoms with Gasteiger partial charge in [0.15, 0.2) is 0 Å². The van der Waals surface area contributed by atoms with E-state index in [0.29, 0.717) is 6.42 Å². The molecule has 138 valence electrons. The predicted molar refractivity (Wildman–Crippen MR) is 91.2 cm³/mol. The Hall–Kier alpha value is -2.57. The van der Waals surface area contributed by atoms with Crippen LogP contribution in [0.25, 0.3) is 0 Å². The molecule has 7 heteroatoms. The Morgan fingerprint density at radius 2 is 1.76 bits per heavy atom. The fraction of sp³-hybridized carbons (Fsp3) is 0.500. The molecule has 0 unspecified atom stereocenters. The number of benzene rings is 1. The van der Waals surface area contributed by atoms with Crippen molar-refractivity contribution in [1.82, 2.24) is 4.90 Å². The van der Waals surface area contributed by atoms with E-state index in [2.05, 4.69) is 0 Å². The number of hydrogen-bond acceptors (Lipinski definition) is 4. The number of rotatable bonds is 10. The summed E-state index contributed by atoms with van der Waals surface area (Å²) in [4.78, 5) is 36.2. The number of unbranched alkanes of at least 4 members (excludes halogenated alkanes) is 1. The van der Waals surface area contributed by atoms with Gasteiger partial charge in [0.25, 0.3) is 0 Å². The molecular weight excluding hydrogens is 326 g/mol. The number of hydrogen-bond donors (Lipinski definition) is 2. The van der Waals surface area contributed by atoms with Crippen LogP contribution in [0.3, 0.4) is 0 Å². The molecule has 0 fully saturated rings. The molecule has 1 rings (SSSR count). The molecule has 0 spiro atoms. The smallest absolute Gasteiger partial charge is 0.410 e. The van der Waals surface area contributed by atoms with E-state index in [4.69, 9.17) is 9.84 Å². The van der Waals surface area contributed by atoms with E-state index in [1.807, 2.05) is 25.1 Å². The van der Waals surface area contributed by atoms with Crippen molar-refractivity contribution < 1.29 is 29.3 Å². The number of carbonyl (C=O) groups is 3. The van der Waals surface area contributed by atoms with Crippen molar-refractivity contribution in [2.24, 2.45) is 0 Å². The molecule has 0 aliphatic rings. The summed E-state index contributed by atoms with van der Waals surface area (Å²) in [5, 5.41) is 18.7. The molecule has 0 radical (unpaired) electrons. The standard InChI is InChI=1S/C18H25NO6/c1-3-4-11-18(16(22)23,12-10-15(20)21)19(2)17(24)25-13-14-8-6-5-7-9-14/h5-9H,3-4,10-13H2,1-2H3,(H,20,21)(H,22,23)/t18-/m1/s1. The van der Waals surface area contributed by atoms with Gasteiger partial charge in [0.2, 0.25) is 0 Å². The lowest BCUT2D eigenvalue weighted by atomic mass is 9.86. The number of nitrogens with zero attached hydrogens (tertiary/aromatic N) is 1. The molecule has 25 heavy (non-hydrogen) atoms. The topological polar surface area (TPSA) is 104 Å². The Balaban J connectivity index is 2.90. The van der Waals surface area contributed by atoms with Gasteiger partial charge in [-0.05, 0) is 18.4 Å². The quantitative estimate of drug-likeness (QED) is 0.671. The first kappa shape index (κ1) is 20.5.